The molecule has 42 heavy (non-hydrogen) atoms. The van der Waals surface area contributed by atoms with Crippen molar-refractivity contribution in [1.29, 1.82) is 0 Å². The van der Waals surface area contributed by atoms with Crippen LogP contribution in [0.25, 0.3) is 16.9 Å². The average molecular weight is 568 g/mol. The van der Waals surface area contributed by atoms with Gasteiger partial charge in [0.15, 0.2) is 0 Å². The van der Waals surface area contributed by atoms with Crippen molar-refractivity contribution in [1.82, 2.24) is 9.55 Å². The molecule has 6 heteroatoms. The molecular formula is C36H42FN3O2. The molecule has 0 bridgehead atoms. The second-order valence-electron chi connectivity index (χ2n) is 11.8. The molecule has 2 aromatic carbocycles. The molecule has 1 fully saturated rings. The molecule has 1 aliphatic heterocycles. The lowest BCUT2D eigenvalue weighted by molar-refractivity contribution is -0.118. The lowest BCUT2D eigenvalue weighted by Gasteiger charge is -2.16. The number of ketones is 1. The minimum atomic E-state index is -0.285. The first-order valence-corrected chi connectivity index (χ1v) is 15.4. The number of nitrogens with zero attached hydrogens (tertiary/aromatic N) is 3. The van der Waals surface area contributed by atoms with Gasteiger partial charge in [-0.2, -0.15) is 0 Å². The zero-order valence-electron chi connectivity index (χ0n) is 24.9. The SMILES string of the molecule is COC1=C\CC\C=C(CC2CCCC(CCC(=O)Cc3nc(-c4ccc(C)cc4)cn3-c3ccc(F)cc3)CC2)/N=C/1. The van der Waals surface area contributed by atoms with Crippen molar-refractivity contribution in [3.05, 3.63) is 95.5 Å². The van der Waals surface area contributed by atoms with Gasteiger partial charge in [-0.1, -0.05) is 61.6 Å². The number of carbonyl (C=O) groups excluding carboxylic acids is 1. The first-order chi connectivity index (χ1) is 20.5. The summed E-state index contributed by atoms with van der Waals surface area (Å²) in [5, 5.41) is 0. The fourth-order valence-electron chi connectivity index (χ4n) is 6.11. The van der Waals surface area contributed by atoms with Crippen LogP contribution >= 0.6 is 0 Å². The largest absolute Gasteiger partial charge is 0.495 e. The Balaban J connectivity index is 1.18. The number of Topliss-reactive ketones (excluding diaryl/α,β-unsaturated/α-hetero) is 1. The average Bonchev–Trinajstić information content (AvgIpc) is 3.25. The molecule has 3 aromatic rings. The highest BCUT2D eigenvalue weighted by Crippen LogP contribution is 2.34. The lowest BCUT2D eigenvalue weighted by atomic mass is 9.91. The minimum Gasteiger partial charge on any atom is -0.495 e. The highest BCUT2D eigenvalue weighted by molar-refractivity contribution is 5.80. The lowest BCUT2D eigenvalue weighted by Crippen LogP contribution is -2.11. The quantitative estimate of drug-likeness (QED) is 0.230. The van der Waals surface area contributed by atoms with Gasteiger partial charge in [-0.15, -0.1) is 0 Å². The van der Waals surface area contributed by atoms with E-state index < -0.39 is 0 Å². The van der Waals surface area contributed by atoms with Crippen LogP contribution in [0.4, 0.5) is 4.39 Å². The molecule has 0 N–H and O–H groups in total. The second kappa shape index (κ2) is 14.4. The maximum Gasteiger partial charge on any atom is 0.140 e. The van der Waals surface area contributed by atoms with Crippen molar-refractivity contribution in [2.75, 3.05) is 7.11 Å². The molecular weight excluding hydrogens is 525 g/mol. The third-order valence-corrected chi connectivity index (χ3v) is 8.61. The molecule has 1 saturated carbocycles. The van der Waals surface area contributed by atoms with E-state index in [1.165, 1.54) is 55.5 Å². The zero-order chi connectivity index (χ0) is 29.3. The molecule has 0 radical (unpaired) electrons. The second-order valence-corrected chi connectivity index (χ2v) is 11.8. The topological polar surface area (TPSA) is 56.5 Å². The van der Waals surface area contributed by atoms with Crippen LogP contribution in [0, 0.1) is 24.6 Å². The Labute approximate surface area is 249 Å². The number of aliphatic imine (C=N–C) groups is 1. The normalized spacial score (nSPS) is 22.5. The Hall–Kier alpha value is -3.80. The summed E-state index contributed by atoms with van der Waals surface area (Å²) in [7, 11) is 1.70. The number of aryl methyl sites for hydroxylation is 1. The molecule has 5 nitrogen and oxygen atoms in total. The Kier molecular flexibility index (Phi) is 10.2. The van der Waals surface area contributed by atoms with Gasteiger partial charge in [-0.05, 0) is 81.2 Å². The number of rotatable bonds is 10. The summed E-state index contributed by atoms with van der Waals surface area (Å²) in [5.41, 5.74) is 4.98. The fourth-order valence-corrected chi connectivity index (χ4v) is 6.11. The summed E-state index contributed by atoms with van der Waals surface area (Å²) in [5.74, 6) is 2.69. The van der Waals surface area contributed by atoms with Gasteiger partial charge < -0.3 is 9.30 Å². The Morgan fingerprint density at radius 3 is 2.50 bits per heavy atom. The summed E-state index contributed by atoms with van der Waals surface area (Å²) < 4.78 is 20.9. The molecule has 5 rings (SSSR count). The van der Waals surface area contributed by atoms with Crippen LogP contribution < -0.4 is 0 Å². The van der Waals surface area contributed by atoms with Crippen LogP contribution in [0.15, 0.2) is 83.3 Å². The Bertz CT molecular complexity index is 1430. The van der Waals surface area contributed by atoms with E-state index in [1.807, 2.05) is 29.1 Å². The molecule has 0 saturated heterocycles. The molecule has 0 amide bonds. The van der Waals surface area contributed by atoms with Crippen molar-refractivity contribution >= 4 is 12.0 Å². The monoisotopic (exact) mass is 567 g/mol. The highest BCUT2D eigenvalue weighted by atomic mass is 19.1. The van der Waals surface area contributed by atoms with Crippen LogP contribution in [0.5, 0.6) is 0 Å². The summed E-state index contributed by atoms with van der Waals surface area (Å²) in [6.45, 7) is 2.06. The van der Waals surface area contributed by atoms with Gasteiger partial charge in [0.25, 0.3) is 0 Å². The number of halogens is 1. The first-order valence-electron chi connectivity index (χ1n) is 15.4. The number of hydrogen-bond donors (Lipinski definition) is 0. The van der Waals surface area contributed by atoms with Gasteiger partial charge in [0.05, 0.1) is 25.4 Å². The number of carbonyl (C=O) groups is 1. The van der Waals surface area contributed by atoms with Crippen LogP contribution in [0.2, 0.25) is 0 Å². The molecule has 2 aliphatic rings. The maximum atomic E-state index is 13.6. The highest BCUT2D eigenvalue weighted by Gasteiger charge is 2.22. The molecule has 1 aromatic heterocycles. The van der Waals surface area contributed by atoms with Crippen LogP contribution in [0.3, 0.4) is 0 Å². The standard InChI is InChI=1S/C36H42FN3O2/c1-26-10-15-29(16-11-26)35-25-40(32-19-17-30(37)18-20-32)36(39-35)23-33(41)21-14-27-6-5-7-28(13-12-27)22-31-8-3-4-9-34(42-2)24-38-31/h8-11,15-20,24-25,27-28H,3-7,12-14,21-23H2,1-2H3/b31-8-,34-9+,38-24+. The Morgan fingerprint density at radius 2 is 1.71 bits per heavy atom. The number of hydrogen-bond acceptors (Lipinski definition) is 4. The molecule has 0 spiro atoms. The number of ether oxygens (including phenoxy) is 1. The Morgan fingerprint density at radius 1 is 0.976 bits per heavy atom. The summed E-state index contributed by atoms with van der Waals surface area (Å²) in [4.78, 5) is 22.8. The molecule has 2 atom stereocenters. The zero-order valence-corrected chi connectivity index (χ0v) is 24.9. The van der Waals surface area contributed by atoms with Crippen molar-refractivity contribution in [2.24, 2.45) is 16.8 Å². The van der Waals surface area contributed by atoms with E-state index in [0.29, 0.717) is 24.1 Å². The summed E-state index contributed by atoms with van der Waals surface area (Å²) in [6, 6.07) is 14.6. The third kappa shape index (κ3) is 8.15. The van der Waals surface area contributed by atoms with Gasteiger partial charge in [0.2, 0.25) is 0 Å². The van der Waals surface area contributed by atoms with E-state index in [-0.39, 0.29) is 18.0 Å². The molecule has 220 valence electrons. The van der Waals surface area contributed by atoms with E-state index in [0.717, 1.165) is 48.4 Å². The molecule has 2 unspecified atom stereocenters. The first kappa shape index (κ1) is 29.7. The minimum absolute atomic E-state index is 0.205. The van der Waals surface area contributed by atoms with Crippen molar-refractivity contribution < 1.29 is 13.9 Å². The van der Waals surface area contributed by atoms with Gasteiger partial charge in [0.1, 0.15) is 23.2 Å². The number of allylic oxidation sites excluding steroid dienone is 4. The van der Waals surface area contributed by atoms with Crippen LogP contribution in [-0.4, -0.2) is 28.7 Å². The van der Waals surface area contributed by atoms with Crippen molar-refractivity contribution in [3.8, 4) is 16.9 Å². The van der Waals surface area contributed by atoms with Gasteiger partial charge in [0, 0.05) is 29.6 Å². The number of methoxy groups -OCH3 is 1. The molecule has 2 heterocycles. The number of aromatic nitrogens is 2. The van der Waals surface area contributed by atoms with E-state index >= 15 is 0 Å². The van der Waals surface area contributed by atoms with E-state index in [9.17, 15) is 9.18 Å². The predicted octanol–water partition coefficient (Wildman–Crippen LogP) is 8.74. The number of imidazole rings is 1. The predicted molar refractivity (Wildman–Crippen MR) is 167 cm³/mol. The third-order valence-electron chi connectivity index (χ3n) is 8.61. The summed E-state index contributed by atoms with van der Waals surface area (Å²) in [6.07, 6.45) is 18.9. The smallest absolute Gasteiger partial charge is 0.140 e. The van der Waals surface area contributed by atoms with Gasteiger partial charge >= 0.3 is 0 Å². The van der Waals surface area contributed by atoms with Crippen molar-refractivity contribution in [3.63, 3.8) is 0 Å². The maximum absolute atomic E-state index is 13.6. The van der Waals surface area contributed by atoms with E-state index in [1.54, 1.807) is 19.2 Å². The molecule has 1 aliphatic carbocycles. The van der Waals surface area contributed by atoms with Gasteiger partial charge in [-0.3, -0.25) is 9.79 Å². The van der Waals surface area contributed by atoms with Crippen LogP contribution in [0.1, 0.15) is 75.6 Å². The fraction of sp³-hybridized carbons (Fsp3) is 0.417. The van der Waals surface area contributed by atoms with E-state index in [4.69, 9.17) is 14.7 Å². The number of benzene rings is 2. The van der Waals surface area contributed by atoms with Gasteiger partial charge in [-0.25, -0.2) is 9.37 Å². The van der Waals surface area contributed by atoms with E-state index in [2.05, 4.69) is 31.2 Å². The van der Waals surface area contributed by atoms with Crippen LogP contribution in [-0.2, 0) is 16.0 Å². The summed E-state index contributed by atoms with van der Waals surface area (Å²) >= 11 is 0. The van der Waals surface area contributed by atoms with Crippen molar-refractivity contribution in [2.45, 2.75) is 77.6 Å².